The Labute approximate surface area is 93.2 Å². The van der Waals surface area contributed by atoms with E-state index in [4.69, 9.17) is 4.74 Å². The predicted molar refractivity (Wildman–Crippen MR) is 56.2 cm³/mol. The van der Waals surface area contributed by atoms with Crippen LogP contribution < -0.4 is 4.74 Å². The summed E-state index contributed by atoms with van der Waals surface area (Å²) in [6.07, 6.45) is 0.457. The number of carbonyl (C=O) groups excluding carboxylic acids is 1. The van der Waals surface area contributed by atoms with Crippen molar-refractivity contribution in [1.29, 1.82) is 0 Å². The van der Waals surface area contributed by atoms with Gasteiger partial charge in [0.1, 0.15) is 17.2 Å². The third-order valence-corrected chi connectivity index (χ3v) is 2.59. The van der Waals surface area contributed by atoms with E-state index in [1.807, 2.05) is 13.8 Å². The topological polar surface area (TPSA) is 35.5 Å². The smallest absolute Gasteiger partial charge is 0.340 e. The van der Waals surface area contributed by atoms with Gasteiger partial charge in [-0.2, -0.15) is 0 Å². The summed E-state index contributed by atoms with van der Waals surface area (Å²) in [5.41, 5.74) is -0.00628. The molecule has 0 fully saturated rings. The molecule has 0 unspecified atom stereocenters. The van der Waals surface area contributed by atoms with Crippen LogP contribution in [0.15, 0.2) is 12.1 Å². The largest absolute Gasteiger partial charge is 0.487 e. The highest BCUT2D eigenvalue weighted by molar-refractivity contribution is 5.90. The molecule has 2 rings (SSSR count). The fraction of sp³-hybridized carbons (Fsp3) is 0.417. The van der Waals surface area contributed by atoms with Crippen LogP contribution in [0.3, 0.4) is 0 Å². The van der Waals surface area contributed by atoms with E-state index in [0.717, 1.165) is 0 Å². The summed E-state index contributed by atoms with van der Waals surface area (Å²) in [7, 11) is 1.23. The van der Waals surface area contributed by atoms with E-state index in [0.29, 0.717) is 17.7 Å². The first-order chi connectivity index (χ1) is 7.44. The molecule has 0 saturated heterocycles. The van der Waals surface area contributed by atoms with Gasteiger partial charge in [0.25, 0.3) is 0 Å². The van der Waals surface area contributed by atoms with Crippen LogP contribution in [0.5, 0.6) is 5.75 Å². The molecule has 1 aromatic carbocycles. The van der Waals surface area contributed by atoms with Gasteiger partial charge in [-0.25, -0.2) is 9.18 Å². The molecular weight excluding hydrogens is 211 g/mol. The standard InChI is InChI=1S/C12H13FO3/c1-12(2)6-8-9(16-12)5-4-7(10(8)13)11(14)15-3/h4-5H,6H2,1-3H3. The maximum atomic E-state index is 14.0. The molecule has 1 heterocycles. The molecule has 0 aromatic heterocycles. The van der Waals surface area contributed by atoms with Crippen molar-refractivity contribution in [3.63, 3.8) is 0 Å². The number of ether oxygens (including phenoxy) is 2. The summed E-state index contributed by atoms with van der Waals surface area (Å²) >= 11 is 0. The second kappa shape index (κ2) is 3.47. The Hall–Kier alpha value is -1.58. The van der Waals surface area contributed by atoms with Gasteiger partial charge in [-0.3, -0.25) is 0 Å². The van der Waals surface area contributed by atoms with E-state index in [9.17, 15) is 9.18 Å². The van der Waals surface area contributed by atoms with Gasteiger partial charge in [0.05, 0.1) is 12.7 Å². The molecule has 1 aliphatic rings. The molecular formula is C12H13FO3. The minimum atomic E-state index is -0.662. The van der Waals surface area contributed by atoms with Gasteiger partial charge < -0.3 is 9.47 Å². The van der Waals surface area contributed by atoms with E-state index in [1.165, 1.54) is 13.2 Å². The maximum absolute atomic E-state index is 14.0. The Kier molecular flexibility index (Phi) is 2.37. The van der Waals surface area contributed by atoms with Crippen molar-refractivity contribution in [1.82, 2.24) is 0 Å². The minimum Gasteiger partial charge on any atom is -0.487 e. The summed E-state index contributed by atoms with van der Waals surface area (Å²) < 4.78 is 24.0. The lowest BCUT2D eigenvalue weighted by molar-refractivity contribution is 0.0595. The van der Waals surface area contributed by atoms with Gasteiger partial charge >= 0.3 is 5.97 Å². The first-order valence-corrected chi connectivity index (χ1v) is 5.03. The van der Waals surface area contributed by atoms with Crippen LogP contribution in [0.4, 0.5) is 4.39 Å². The van der Waals surface area contributed by atoms with Crippen LogP contribution in [-0.2, 0) is 11.2 Å². The summed E-state index contributed by atoms with van der Waals surface area (Å²) in [5, 5.41) is 0. The Balaban J connectivity index is 2.48. The van der Waals surface area contributed by atoms with Crippen LogP contribution in [0.25, 0.3) is 0 Å². The molecule has 3 nitrogen and oxygen atoms in total. The zero-order valence-electron chi connectivity index (χ0n) is 9.46. The quantitative estimate of drug-likeness (QED) is 0.687. The molecule has 0 aliphatic carbocycles. The van der Waals surface area contributed by atoms with Crippen molar-refractivity contribution in [3.05, 3.63) is 29.1 Å². The molecule has 0 N–H and O–H groups in total. The van der Waals surface area contributed by atoms with Gasteiger partial charge in [0, 0.05) is 12.0 Å². The first kappa shape index (κ1) is 10.9. The lowest BCUT2D eigenvalue weighted by Crippen LogP contribution is -2.24. The lowest BCUT2D eigenvalue weighted by Gasteiger charge is -2.16. The summed E-state index contributed by atoms with van der Waals surface area (Å²) in [5.74, 6) is -0.685. The minimum absolute atomic E-state index is 0.0393. The van der Waals surface area contributed by atoms with E-state index < -0.39 is 17.4 Å². The highest BCUT2D eigenvalue weighted by Gasteiger charge is 2.34. The molecule has 86 valence electrons. The van der Waals surface area contributed by atoms with Crippen molar-refractivity contribution in [3.8, 4) is 5.75 Å². The third-order valence-electron chi connectivity index (χ3n) is 2.59. The van der Waals surface area contributed by atoms with Crippen LogP contribution >= 0.6 is 0 Å². The highest BCUT2D eigenvalue weighted by Crippen LogP contribution is 2.37. The molecule has 0 atom stereocenters. The SMILES string of the molecule is COC(=O)c1ccc2c(c1F)CC(C)(C)O2. The predicted octanol–water partition coefficient (Wildman–Crippen LogP) is 2.33. The number of carbonyl (C=O) groups is 1. The third kappa shape index (κ3) is 1.64. The van der Waals surface area contributed by atoms with E-state index in [-0.39, 0.29) is 5.56 Å². The number of methoxy groups -OCH3 is 1. The molecule has 0 amide bonds. The van der Waals surface area contributed by atoms with Crippen LogP contribution in [0.2, 0.25) is 0 Å². The van der Waals surface area contributed by atoms with Gasteiger partial charge in [-0.05, 0) is 26.0 Å². The van der Waals surface area contributed by atoms with Gasteiger partial charge in [0.2, 0.25) is 0 Å². The number of hydrogen-bond donors (Lipinski definition) is 0. The van der Waals surface area contributed by atoms with Crippen molar-refractivity contribution in [2.75, 3.05) is 7.11 Å². The number of esters is 1. The normalized spacial score (nSPS) is 16.5. The fourth-order valence-electron chi connectivity index (χ4n) is 1.89. The van der Waals surface area contributed by atoms with Crippen LogP contribution in [0.1, 0.15) is 29.8 Å². The fourth-order valence-corrected chi connectivity index (χ4v) is 1.89. The number of hydrogen-bond acceptors (Lipinski definition) is 3. The monoisotopic (exact) mass is 224 g/mol. The summed E-state index contributed by atoms with van der Waals surface area (Å²) in [6, 6.07) is 3.00. The van der Waals surface area contributed by atoms with Crippen LogP contribution in [-0.4, -0.2) is 18.7 Å². The van der Waals surface area contributed by atoms with Gasteiger partial charge in [-0.15, -0.1) is 0 Å². The molecule has 1 aromatic rings. The first-order valence-electron chi connectivity index (χ1n) is 5.03. The van der Waals surface area contributed by atoms with Crippen molar-refractivity contribution in [2.45, 2.75) is 25.9 Å². The van der Waals surface area contributed by atoms with E-state index in [1.54, 1.807) is 6.07 Å². The lowest BCUT2D eigenvalue weighted by atomic mass is 9.99. The Morgan fingerprint density at radius 3 is 2.81 bits per heavy atom. The number of halogens is 1. The summed E-state index contributed by atoms with van der Waals surface area (Å²) in [4.78, 5) is 11.3. The van der Waals surface area contributed by atoms with Crippen LogP contribution in [0, 0.1) is 5.82 Å². The molecule has 0 saturated carbocycles. The van der Waals surface area contributed by atoms with Crippen molar-refractivity contribution < 1.29 is 18.7 Å². The zero-order valence-corrected chi connectivity index (χ0v) is 9.46. The Bertz CT molecular complexity index is 452. The molecule has 4 heteroatoms. The number of benzene rings is 1. The highest BCUT2D eigenvalue weighted by atomic mass is 19.1. The molecule has 0 radical (unpaired) electrons. The second-order valence-electron chi connectivity index (χ2n) is 4.43. The molecule has 0 bridgehead atoms. The Morgan fingerprint density at radius 2 is 2.19 bits per heavy atom. The number of fused-ring (bicyclic) bond motifs is 1. The summed E-state index contributed by atoms with van der Waals surface area (Å²) in [6.45, 7) is 3.76. The average molecular weight is 224 g/mol. The van der Waals surface area contributed by atoms with Gasteiger partial charge in [0.15, 0.2) is 0 Å². The molecule has 0 spiro atoms. The van der Waals surface area contributed by atoms with Crippen molar-refractivity contribution >= 4 is 5.97 Å². The second-order valence-corrected chi connectivity index (χ2v) is 4.43. The van der Waals surface area contributed by atoms with Crippen molar-refractivity contribution in [2.24, 2.45) is 0 Å². The zero-order chi connectivity index (χ0) is 11.9. The van der Waals surface area contributed by atoms with Gasteiger partial charge in [-0.1, -0.05) is 0 Å². The molecule has 1 aliphatic heterocycles. The Morgan fingerprint density at radius 1 is 1.50 bits per heavy atom. The van der Waals surface area contributed by atoms with E-state index >= 15 is 0 Å². The maximum Gasteiger partial charge on any atom is 0.340 e. The number of rotatable bonds is 1. The molecule has 16 heavy (non-hydrogen) atoms. The van der Waals surface area contributed by atoms with E-state index in [2.05, 4.69) is 4.74 Å². The average Bonchev–Trinajstić information content (AvgIpc) is 2.53.